The normalized spacial score (nSPS) is 24.0. The third-order valence-corrected chi connectivity index (χ3v) is 5.35. The van der Waals surface area contributed by atoms with Gasteiger partial charge in [0.15, 0.2) is 5.78 Å². The van der Waals surface area contributed by atoms with Crippen LogP contribution in [-0.2, 0) is 28.7 Å². The molecule has 12 heteroatoms. The summed E-state index contributed by atoms with van der Waals surface area (Å²) in [5.41, 5.74) is 0. The van der Waals surface area contributed by atoms with Crippen molar-refractivity contribution in [1.29, 1.82) is 0 Å². The van der Waals surface area contributed by atoms with Crippen molar-refractivity contribution in [2.24, 2.45) is 11.8 Å². The molecule has 0 bridgehead atoms. The summed E-state index contributed by atoms with van der Waals surface area (Å²) in [6.07, 6.45) is -6.39. The lowest BCUT2D eigenvalue weighted by Crippen LogP contribution is -2.55. The van der Waals surface area contributed by atoms with Gasteiger partial charge < -0.3 is 20.7 Å². The van der Waals surface area contributed by atoms with E-state index in [-0.39, 0.29) is 25.3 Å². The van der Waals surface area contributed by atoms with Crippen LogP contribution in [-0.4, -0.2) is 67.3 Å². The molecule has 2 rings (SSSR count). The lowest BCUT2D eigenvalue weighted by atomic mass is 9.93. The third kappa shape index (κ3) is 7.44. The summed E-state index contributed by atoms with van der Waals surface area (Å²) in [5, 5.41) is 7.34. The first-order chi connectivity index (χ1) is 14.9. The van der Waals surface area contributed by atoms with Crippen LogP contribution >= 0.6 is 0 Å². The van der Waals surface area contributed by atoms with Crippen LogP contribution in [0.3, 0.4) is 0 Å². The van der Waals surface area contributed by atoms with Crippen LogP contribution in [0.1, 0.15) is 46.5 Å². The molecule has 0 aromatic heterocycles. The van der Waals surface area contributed by atoms with Crippen molar-refractivity contribution in [1.82, 2.24) is 16.0 Å². The Hall–Kier alpha value is -2.21. The first kappa shape index (κ1) is 26.0. The predicted octanol–water partition coefficient (Wildman–Crippen LogP) is 0.811. The number of nitrogens with one attached hydrogen (secondary N) is 3. The fraction of sp³-hybridized carbons (Fsp3) is 0.800. The fourth-order valence-electron chi connectivity index (χ4n) is 3.77. The number of alkyl halides is 3. The van der Waals surface area contributed by atoms with Gasteiger partial charge in [-0.15, -0.1) is 13.2 Å². The van der Waals surface area contributed by atoms with E-state index in [0.717, 1.165) is 6.42 Å². The first-order valence-corrected chi connectivity index (χ1v) is 10.7. The molecule has 182 valence electrons. The van der Waals surface area contributed by atoms with Crippen molar-refractivity contribution in [3.8, 4) is 0 Å². The number of carbonyl (C=O) groups excluding carboxylic acids is 4. The minimum absolute atomic E-state index is 0.000589. The number of carbonyl (C=O) groups is 4. The minimum Gasteiger partial charge on any atom is -0.368 e. The Morgan fingerprint density at radius 2 is 1.88 bits per heavy atom. The molecule has 0 spiro atoms. The molecular formula is C20H30F3N3O6. The topological polar surface area (TPSA) is 123 Å². The molecule has 2 saturated heterocycles. The summed E-state index contributed by atoms with van der Waals surface area (Å²) in [6.45, 7) is 5.45. The molecule has 0 aliphatic carbocycles. The Morgan fingerprint density at radius 1 is 1.19 bits per heavy atom. The third-order valence-electron chi connectivity index (χ3n) is 5.35. The van der Waals surface area contributed by atoms with Gasteiger partial charge in [-0.1, -0.05) is 13.8 Å². The SMILES string of the molecule is CC(C)C[C@H](NC(=O)[C@@H]1CCCO1)C(=O)NC(C)C(=O)[C@@H](OC(F)(F)F)[C@@H]1CCNC1=O. The quantitative estimate of drug-likeness (QED) is 0.439. The summed E-state index contributed by atoms with van der Waals surface area (Å²) < 4.78 is 47.9. The summed E-state index contributed by atoms with van der Waals surface area (Å²) in [6, 6.07) is -2.38. The molecule has 3 N–H and O–H groups in total. The second-order valence-corrected chi connectivity index (χ2v) is 8.50. The van der Waals surface area contributed by atoms with Crippen molar-refractivity contribution in [3.05, 3.63) is 0 Å². The van der Waals surface area contributed by atoms with E-state index in [2.05, 4.69) is 20.7 Å². The molecule has 2 aliphatic heterocycles. The van der Waals surface area contributed by atoms with Crippen molar-refractivity contribution >= 4 is 23.5 Å². The molecule has 2 aliphatic rings. The van der Waals surface area contributed by atoms with E-state index in [0.29, 0.717) is 13.0 Å². The zero-order valence-corrected chi connectivity index (χ0v) is 18.3. The van der Waals surface area contributed by atoms with Crippen LogP contribution in [0.4, 0.5) is 13.2 Å². The summed E-state index contributed by atoms with van der Waals surface area (Å²) in [7, 11) is 0. The average molecular weight is 465 g/mol. The maximum absolute atomic E-state index is 12.9. The largest absolute Gasteiger partial charge is 0.523 e. The van der Waals surface area contributed by atoms with E-state index in [1.807, 2.05) is 13.8 Å². The number of Topliss-reactive ketones (excluding diaryl/α,β-unsaturated/α-hetero) is 1. The van der Waals surface area contributed by atoms with E-state index in [9.17, 15) is 32.3 Å². The number of halogens is 3. The molecule has 0 saturated carbocycles. The number of amides is 3. The molecule has 3 amide bonds. The van der Waals surface area contributed by atoms with Gasteiger partial charge in [-0.2, -0.15) is 0 Å². The van der Waals surface area contributed by atoms with Gasteiger partial charge in [-0.25, -0.2) is 0 Å². The molecule has 0 aromatic rings. The second kappa shape index (κ2) is 11.1. The predicted molar refractivity (Wildman–Crippen MR) is 105 cm³/mol. The zero-order valence-electron chi connectivity index (χ0n) is 18.3. The van der Waals surface area contributed by atoms with Gasteiger partial charge in [0.25, 0.3) is 0 Å². The number of hydrogen-bond acceptors (Lipinski definition) is 6. The van der Waals surface area contributed by atoms with Crippen molar-refractivity contribution < 1.29 is 41.8 Å². The lowest BCUT2D eigenvalue weighted by molar-refractivity contribution is -0.341. The molecule has 32 heavy (non-hydrogen) atoms. The maximum atomic E-state index is 12.9. The summed E-state index contributed by atoms with van der Waals surface area (Å²) in [5.74, 6) is -4.27. The van der Waals surface area contributed by atoms with E-state index in [1.54, 1.807) is 0 Å². The van der Waals surface area contributed by atoms with Crippen LogP contribution in [0, 0.1) is 11.8 Å². The van der Waals surface area contributed by atoms with Gasteiger partial charge in [0.05, 0.1) is 12.0 Å². The summed E-state index contributed by atoms with van der Waals surface area (Å²) in [4.78, 5) is 49.7. The van der Waals surface area contributed by atoms with Gasteiger partial charge in [-0.3, -0.25) is 23.9 Å². The highest BCUT2D eigenvalue weighted by molar-refractivity contribution is 5.97. The Labute approximate surface area is 184 Å². The van der Waals surface area contributed by atoms with Crippen LogP contribution in [0.25, 0.3) is 0 Å². The molecular weight excluding hydrogens is 435 g/mol. The zero-order chi connectivity index (χ0) is 24.1. The highest BCUT2D eigenvalue weighted by atomic mass is 19.4. The van der Waals surface area contributed by atoms with Gasteiger partial charge in [0.2, 0.25) is 17.7 Å². The monoisotopic (exact) mass is 465 g/mol. The lowest BCUT2D eigenvalue weighted by Gasteiger charge is -2.27. The van der Waals surface area contributed by atoms with Crippen LogP contribution in [0.15, 0.2) is 0 Å². The van der Waals surface area contributed by atoms with Crippen molar-refractivity contribution in [3.63, 3.8) is 0 Å². The Balaban J connectivity index is 2.08. The molecule has 2 fully saturated rings. The molecule has 2 heterocycles. The second-order valence-electron chi connectivity index (χ2n) is 8.50. The molecule has 9 nitrogen and oxygen atoms in total. The highest BCUT2D eigenvalue weighted by Gasteiger charge is 2.46. The van der Waals surface area contributed by atoms with E-state index in [4.69, 9.17) is 4.74 Å². The maximum Gasteiger partial charge on any atom is 0.523 e. The fourth-order valence-corrected chi connectivity index (χ4v) is 3.77. The number of hydrogen-bond donors (Lipinski definition) is 3. The number of rotatable bonds is 10. The van der Waals surface area contributed by atoms with Gasteiger partial charge in [0, 0.05) is 13.2 Å². The van der Waals surface area contributed by atoms with Gasteiger partial charge in [-0.05, 0) is 38.5 Å². The van der Waals surface area contributed by atoms with Gasteiger partial charge in [0.1, 0.15) is 18.2 Å². The molecule has 5 atom stereocenters. The highest BCUT2D eigenvalue weighted by Crippen LogP contribution is 2.27. The first-order valence-electron chi connectivity index (χ1n) is 10.7. The summed E-state index contributed by atoms with van der Waals surface area (Å²) >= 11 is 0. The Kier molecular flexibility index (Phi) is 9.02. The smallest absolute Gasteiger partial charge is 0.368 e. The molecule has 0 aromatic carbocycles. The Morgan fingerprint density at radius 3 is 2.38 bits per heavy atom. The standard InChI is InChI=1S/C20H30F3N3O6/c1-10(2)9-13(26-19(30)14-5-4-8-31-14)18(29)25-11(3)15(27)16(32-20(21,22)23)12-6-7-24-17(12)28/h10-14,16H,4-9H2,1-3H3,(H,24,28)(H,25,29)(H,26,30)/t11?,12-,13-,14-,16-/m0/s1. The number of ketones is 1. The Bertz CT molecular complexity index is 709. The van der Waals surface area contributed by atoms with Crippen LogP contribution in [0.5, 0.6) is 0 Å². The minimum atomic E-state index is -5.14. The molecule has 0 radical (unpaired) electrons. The van der Waals surface area contributed by atoms with E-state index in [1.165, 1.54) is 6.92 Å². The van der Waals surface area contributed by atoms with Crippen LogP contribution in [0.2, 0.25) is 0 Å². The van der Waals surface area contributed by atoms with E-state index < -0.39 is 60.1 Å². The molecule has 1 unspecified atom stereocenters. The average Bonchev–Trinajstić information content (AvgIpc) is 3.35. The van der Waals surface area contributed by atoms with Gasteiger partial charge >= 0.3 is 6.36 Å². The number of ether oxygens (including phenoxy) is 2. The van der Waals surface area contributed by atoms with Crippen LogP contribution < -0.4 is 16.0 Å². The van der Waals surface area contributed by atoms with Crippen molar-refractivity contribution in [2.75, 3.05) is 13.2 Å². The van der Waals surface area contributed by atoms with Crippen molar-refractivity contribution in [2.45, 2.75) is 77.1 Å². The van der Waals surface area contributed by atoms with E-state index >= 15 is 0 Å².